The number of nitrogens with one attached hydrogen (secondary N) is 1. The molecule has 8 heteroatoms. The number of aryl methyl sites for hydroxylation is 1. The van der Waals surface area contributed by atoms with Crippen molar-refractivity contribution >= 4 is 34.1 Å². The summed E-state index contributed by atoms with van der Waals surface area (Å²) in [6, 6.07) is 20.0. The van der Waals surface area contributed by atoms with Crippen molar-refractivity contribution in [2.24, 2.45) is 0 Å². The molecule has 34 heavy (non-hydrogen) atoms. The zero-order valence-electron chi connectivity index (χ0n) is 19.8. The largest absolute Gasteiger partial charge is 0.485 e. The van der Waals surface area contributed by atoms with Crippen molar-refractivity contribution < 1.29 is 9.53 Å². The number of carbonyl (C=O) groups excluding carboxylic acids is 1. The Kier molecular flexibility index (Phi) is 7.07. The Hall–Kier alpha value is -3.52. The van der Waals surface area contributed by atoms with Crippen LogP contribution in [-0.4, -0.2) is 26.0 Å². The maximum atomic E-state index is 12.9. The molecule has 1 heterocycles. The van der Waals surface area contributed by atoms with Crippen LogP contribution in [0.5, 0.6) is 5.75 Å². The molecule has 0 fully saturated rings. The molecule has 3 aromatic carbocycles. The molecule has 1 aromatic heterocycles. The van der Waals surface area contributed by atoms with E-state index in [9.17, 15) is 4.79 Å². The number of carbonyl (C=O) groups is 1. The van der Waals surface area contributed by atoms with E-state index in [1.165, 1.54) is 16.4 Å². The number of benzene rings is 3. The second kappa shape index (κ2) is 10.2. The van der Waals surface area contributed by atoms with E-state index in [4.69, 9.17) is 10.6 Å². The van der Waals surface area contributed by atoms with E-state index < -0.39 is 5.25 Å². The Morgan fingerprint density at radius 2 is 1.85 bits per heavy atom. The number of amides is 1. The lowest BCUT2D eigenvalue weighted by molar-refractivity contribution is -0.115. The zero-order chi connectivity index (χ0) is 24.2. The van der Waals surface area contributed by atoms with Crippen molar-refractivity contribution in [1.82, 2.24) is 14.9 Å². The Balaban J connectivity index is 1.42. The predicted octanol–water partition coefficient (Wildman–Crippen LogP) is 5.28. The second-order valence-electron chi connectivity index (χ2n) is 8.53. The molecule has 4 aromatic rings. The molecule has 176 valence electrons. The fraction of sp³-hybridized carbons (Fsp3) is 0.269. The van der Waals surface area contributed by atoms with Gasteiger partial charge in [-0.3, -0.25) is 4.79 Å². The molecule has 0 aliphatic rings. The van der Waals surface area contributed by atoms with E-state index in [1.807, 2.05) is 62.4 Å². The van der Waals surface area contributed by atoms with Crippen molar-refractivity contribution in [3.8, 4) is 5.75 Å². The van der Waals surface area contributed by atoms with Crippen molar-refractivity contribution in [2.75, 3.05) is 11.2 Å². The maximum absolute atomic E-state index is 12.9. The molecule has 0 aliphatic heterocycles. The normalized spacial score (nSPS) is 12.1. The van der Waals surface area contributed by atoms with E-state index in [2.05, 4.69) is 41.5 Å². The number of nitrogens with two attached hydrogens (primary N) is 1. The van der Waals surface area contributed by atoms with Crippen LogP contribution in [0.25, 0.3) is 10.8 Å². The molecule has 0 saturated carbocycles. The van der Waals surface area contributed by atoms with Gasteiger partial charge in [-0.05, 0) is 48.4 Å². The number of hydrogen-bond acceptors (Lipinski definition) is 6. The van der Waals surface area contributed by atoms with E-state index >= 15 is 0 Å². The first-order valence-electron chi connectivity index (χ1n) is 11.2. The highest BCUT2D eigenvalue weighted by Gasteiger charge is 2.20. The average molecular weight is 476 g/mol. The van der Waals surface area contributed by atoms with Crippen LogP contribution in [0.15, 0.2) is 65.8 Å². The van der Waals surface area contributed by atoms with Gasteiger partial charge >= 0.3 is 0 Å². The molecule has 1 atom stereocenters. The molecule has 7 nitrogen and oxygen atoms in total. The van der Waals surface area contributed by atoms with Gasteiger partial charge in [0.2, 0.25) is 11.1 Å². The van der Waals surface area contributed by atoms with E-state index in [1.54, 1.807) is 0 Å². The summed E-state index contributed by atoms with van der Waals surface area (Å²) < 4.78 is 7.43. The zero-order valence-corrected chi connectivity index (χ0v) is 20.6. The van der Waals surface area contributed by atoms with Crippen LogP contribution in [0, 0.1) is 6.92 Å². The summed E-state index contributed by atoms with van der Waals surface area (Å²) in [6.07, 6.45) is 0. The van der Waals surface area contributed by atoms with Crippen LogP contribution in [0.1, 0.15) is 43.6 Å². The summed E-state index contributed by atoms with van der Waals surface area (Å²) in [5.74, 6) is 7.73. The first-order chi connectivity index (χ1) is 16.3. The van der Waals surface area contributed by atoms with Crippen molar-refractivity contribution in [3.05, 3.63) is 77.6 Å². The fourth-order valence-electron chi connectivity index (χ4n) is 3.65. The number of rotatable bonds is 8. The lowest BCUT2D eigenvalue weighted by Crippen LogP contribution is -2.24. The topological polar surface area (TPSA) is 95.1 Å². The highest BCUT2D eigenvalue weighted by molar-refractivity contribution is 8.00. The molecular weight excluding hydrogens is 446 g/mol. The van der Waals surface area contributed by atoms with Gasteiger partial charge < -0.3 is 15.9 Å². The van der Waals surface area contributed by atoms with Gasteiger partial charge in [0.15, 0.2) is 5.82 Å². The van der Waals surface area contributed by atoms with Crippen LogP contribution in [0.4, 0.5) is 5.69 Å². The summed E-state index contributed by atoms with van der Waals surface area (Å²) >= 11 is 1.25. The van der Waals surface area contributed by atoms with Gasteiger partial charge in [-0.1, -0.05) is 74.1 Å². The van der Waals surface area contributed by atoms with Gasteiger partial charge in [0, 0.05) is 11.1 Å². The van der Waals surface area contributed by atoms with Crippen molar-refractivity contribution in [1.29, 1.82) is 0 Å². The highest BCUT2D eigenvalue weighted by atomic mass is 32.2. The van der Waals surface area contributed by atoms with Crippen molar-refractivity contribution in [3.63, 3.8) is 0 Å². The number of fused-ring (bicyclic) bond motifs is 1. The van der Waals surface area contributed by atoms with Gasteiger partial charge in [-0.2, -0.15) is 0 Å². The molecule has 1 amide bonds. The van der Waals surface area contributed by atoms with Gasteiger partial charge in [-0.25, -0.2) is 4.68 Å². The minimum atomic E-state index is -0.427. The minimum Gasteiger partial charge on any atom is -0.485 e. The quantitative estimate of drug-likeness (QED) is 0.266. The van der Waals surface area contributed by atoms with Gasteiger partial charge in [0.25, 0.3) is 0 Å². The van der Waals surface area contributed by atoms with Crippen LogP contribution < -0.4 is 15.9 Å². The monoisotopic (exact) mass is 475 g/mol. The number of hydrogen-bond donors (Lipinski definition) is 2. The smallest absolute Gasteiger partial charge is 0.237 e. The van der Waals surface area contributed by atoms with E-state index in [-0.39, 0.29) is 12.5 Å². The highest BCUT2D eigenvalue weighted by Crippen LogP contribution is 2.29. The number of nitrogens with zero attached hydrogens (tertiary/aromatic N) is 3. The standard InChI is InChI=1S/C26H29N5O2S/c1-16(2)20-13-12-17(3)14-23(20)33-15-24-29-30-26(31(24)27)34-18(4)25(32)28-22-11-7-9-19-8-5-6-10-21(19)22/h5-14,16,18H,15,27H2,1-4H3,(H,28,32). The first kappa shape index (κ1) is 23.6. The summed E-state index contributed by atoms with van der Waals surface area (Å²) in [7, 11) is 0. The van der Waals surface area contributed by atoms with Crippen LogP contribution >= 0.6 is 11.8 Å². The lowest BCUT2D eigenvalue weighted by Gasteiger charge is -2.15. The number of ether oxygens (including phenoxy) is 1. The summed E-state index contributed by atoms with van der Waals surface area (Å²) in [5.41, 5.74) is 3.02. The van der Waals surface area contributed by atoms with Crippen LogP contribution in [0.2, 0.25) is 0 Å². The molecular formula is C26H29N5O2S. The first-order valence-corrected chi connectivity index (χ1v) is 12.1. The van der Waals surface area contributed by atoms with Crippen LogP contribution in [-0.2, 0) is 11.4 Å². The number of nitrogen functional groups attached to an aromatic ring is 1. The maximum Gasteiger partial charge on any atom is 0.237 e. The van der Waals surface area contributed by atoms with Crippen LogP contribution in [0.3, 0.4) is 0 Å². The second-order valence-corrected chi connectivity index (χ2v) is 9.84. The minimum absolute atomic E-state index is 0.136. The average Bonchev–Trinajstić information content (AvgIpc) is 3.16. The molecule has 0 radical (unpaired) electrons. The molecule has 0 saturated heterocycles. The Morgan fingerprint density at radius 3 is 2.65 bits per heavy atom. The molecule has 1 unspecified atom stereocenters. The predicted molar refractivity (Wildman–Crippen MR) is 138 cm³/mol. The Bertz CT molecular complexity index is 1310. The third-order valence-electron chi connectivity index (χ3n) is 5.58. The number of aromatic nitrogens is 3. The molecule has 4 rings (SSSR count). The van der Waals surface area contributed by atoms with Gasteiger partial charge in [0.05, 0.1) is 5.25 Å². The molecule has 0 bridgehead atoms. The molecule has 0 spiro atoms. The summed E-state index contributed by atoms with van der Waals surface area (Å²) in [5, 5.41) is 13.5. The lowest BCUT2D eigenvalue weighted by atomic mass is 10.0. The Morgan fingerprint density at radius 1 is 1.09 bits per heavy atom. The Labute approximate surface area is 203 Å². The number of anilines is 1. The molecule has 3 N–H and O–H groups in total. The third-order valence-corrected chi connectivity index (χ3v) is 6.64. The third kappa shape index (κ3) is 5.17. The van der Waals surface area contributed by atoms with Gasteiger partial charge in [-0.15, -0.1) is 10.2 Å². The van der Waals surface area contributed by atoms with Gasteiger partial charge in [0.1, 0.15) is 12.4 Å². The van der Waals surface area contributed by atoms with E-state index in [0.717, 1.165) is 33.3 Å². The summed E-state index contributed by atoms with van der Waals surface area (Å²) in [6.45, 7) is 8.29. The summed E-state index contributed by atoms with van der Waals surface area (Å²) in [4.78, 5) is 12.9. The number of thioether (sulfide) groups is 1. The molecule has 0 aliphatic carbocycles. The van der Waals surface area contributed by atoms with E-state index in [0.29, 0.717) is 16.9 Å². The fourth-order valence-corrected chi connectivity index (χ4v) is 4.44. The van der Waals surface area contributed by atoms with Crippen molar-refractivity contribution in [2.45, 2.75) is 50.6 Å². The SMILES string of the molecule is Cc1ccc(C(C)C)c(OCc2nnc(SC(C)C(=O)Nc3cccc4ccccc34)n2N)c1.